The van der Waals surface area contributed by atoms with Crippen molar-refractivity contribution in [3.63, 3.8) is 0 Å². The van der Waals surface area contributed by atoms with Gasteiger partial charge in [0.15, 0.2) is 0 Å². The summed E-state index contributed by atoms with van der Waals surface area (Å²) < 4.78 is 0. The number of carbonyl (C=O) groups is 2. The average molecular weight is 290 g/mol. The number of nitrogens with two attached hydrogens (primary N) is 1. The highest BCUT2D eigenvalue weighted by Crippen LogP contribution is 2.17. The zero-order valence-electron chi connectivity index (χ0n) is 13.2. The number of hydrogen-bond donors (Lipinski definition) is 1. The van der Waals surface area contributed by atoms with Crippen LogP contribution in [0, 0.1) is 5.92 Å². The molecule has 1 aliphatic heterocycles. The van der Waals surface area contributed by atoms with Crippen LogP contribution in [0.4, 0.5) is 0 Å². The number of ketones is 1. The van der Waals surface area contributed by atoms with E-state index in [1.54, 1.807) is 11.8 Å². The zero-order chi connectivity index (χ0) is 15.8. The van der Waals surface area contributed by atoms with Crippen molar-refractivity contribution in [3.05, 3.63) is 35.9 Å². The van der Waals surface area contributed by atoms with Crippen molar-refractivity contribution < 1.29 is 9.59 Å². The Hall–Kier alpha value is -1.68. The summed E-state index contributed by atoms with van der Waals surface area (Å²) in [6.07, 6.45) is 1.39. The van der Waals surface area contributed by atoms with Crippen LogP contribution in [0.5, 0.6) is 0 Å². The topological polar surface area (TPSA) is 63.4 Å². The van der Waals surface area contributed by atoms with Gasteiger partial charge >= 0.3 is 0 Å². The van der Waals surface area contributed by atoms with Crippen LogP contribution in [-0.2, 0) is 9.59 Å². The summed E-state index contributed by atoms with van der Waals surface area (Å²) in [6.45, 7) is 6.84. The van der Waals surface area contributed by atoms with Crippen molar-refractivity contribution >= 4 is 11.7 Å². The third-order valence-corrected chi connectivity index (χ3v) is 3.74. The molecule has 1 aliphatic rings. The predicted molar refractivity (Wildman–Crippen MR) is 84.7 cm³/mol. The summed E-state index contributed by atoms with van der Waals surface area (Å²) in [5.74, 6) is 0.473. The molecule has 0 aromatic heterocycles. The highest BCUT2D eigenvalue weighted by Gasteiger charge is 2.27. The maximum atomic E-state index is 11.2. The average Bonchev–Trinajstić information content (AvgIpc) is 2.98. The minimum Gasteiger partial charge on any atom is -0.342 e. The molecule has 21 heavy (non-hydrogen) atoms. The molecule has 1 heterocycles. The van der Waals surface area contributed by atoms with Crippen molar-refractivity contribution in [1.29, 1.82) is 0 Å². The first-order valence-electron chi connectivity index (χ1n) is 7.54. The van der Waals surface area contributed by atoms with Gasteiger partial charge in [-0.15, -0.1) is 0 Å². The molecule has 0 spiro atoms. The van der Waals surface area contributed by atoms with Crippen LogP contribution < -0.4 is 5.73 Å². The van der Waals surface area contributed by atoms with Crippen LogP contribution in [0.3, 0.4) is 0 Å². The number of rotatable bonds is 3. The van der Waals surface area contributed by atoms with E-state index < -0.39 is 0 Å². The molecule has 2 atom stereocenters. The number of hydrogen-bond acceptors (Lipinski definition) is 3. The highest BCUT2D eigenvalue weighted by molar-refractivity contribution is 5.81. The largest absolute Gasteiger partial charge is 0.342 e. The maximum Gasteiger partial charge on any atom is 0.222 e. The van der Waals surface area contributed by atoms with E-state index in [-0.39, 0.29) is 23.7 Å². The second kappa shape index (κ2) is 8.57. The minimum absolute atomic E-state index is 0.0977. The fourth-order valence-corrected chi connectivity index (χ4v) is 2.30. The van der Waals surface area contributed by atoms with Gasteiger partial charge in [0.2, 0.25) is 5.91 Å². The maximum absolute atomic E-state index is 11.2. The molecule has 1 aromatic carbocycles. The van der Waals surface area contributed by atoms with Gasteiger partial charge in [-0.2, -0.15) is 0 Å². The van der Waals surface area contributed by atoms with Crippen molar-refractivity contribution in [2.24, 2.45) is 11.7 Å². The number of benzene rings is 1. The molecule has 0 bridgehead atoms. The molecule has 0 radical (unpaired) electrons. The van der Waals surface area contributed by atoms with E-state index in [1.165, 1.54) is 5.56 Å². The highest BCUT2D eigenvalue weighted by atomic mass is 16.2. The summed E-state index contributed by atoms with van der Waals surface area (Å²) in [5, 5.41) is 0. The van der Waals surface area contributed by atoms with E-state index in [0.717, 1.165) is 13.0 Å². The summed E-state index contributed by atoms with van der Waals surface area (Å²) in [4.78, 5) is 23.9. The van der Waals surface area contributed by atoms with Gasteiger partial charge in [-0.1, -0.05) is 37.3 Å². The molecule has 1 fully saturated rings. The SMILES string of the molecule is CC(N)c1ccccc1.CCC(=O)N1CCC(C(C)=O)C1. The normalized spacial score (nSPS) is 18.7. The number of nitrogens with zero attached hydrogens (tertiary/aromatic N) is 1. The lowest BCUT2D eigenvalue weighted by Gasteiger charge is -2.14. The Labute approximate surface area is 127 Å². The third kappa shape index (κ3) is 5.68. The number of amides is 1. The van der Waals surface area contributed by atoms with Crippen molar-refractivity contribution in [2.75, 3.05) is 13.1 Å². The van der Waals surface area contributed by atoms with Gasteiger partial charge in [0.05, 0.1) is 0 Å². The van der Waals surface area contributed by atoms with Crippen molar-refractivity contribution in [2.45, 2.75) is 39.7 Å². The van der Waals surface area contributed by atoms with E-state index in [9.17, 15) is 9.59 Å². The Bertz CT molecular complexity index is 457. The first-order valence-corrected chi connectivity index (χ1v) is 7.54. The van der Waals surface area contributed by atoms with E-state index in [2.05, 4.69) is 0 Å². The number of carbonyl (C=O) groups excluding carboxylic acids is 2. The molecule has 1 saturated heterocycles. The Kier molecular flexibility index (Phi) is 7.09. The van der Waals surface area contributed by atoms with E-state index in [0.29, 0.717) is 13.0 Å². The van der Waals surface area contributed by atoms with Crippen LogP contribution >= 0.6 is 0 Å². The summed E-state index contributed by atoms with van der Waals surface area (Å²) >= 11 is 0. The number of likely N-dealkylation sites (tertiary alicyclic amines) is 1. The summed E-state index contributed by atoms with van der Waals surface area (Å²) in [5.41, 5.74) is 6.81. The summed E-state index contributed by atoms with van der Waals surface area (Å²) in [6, 6.07) is 10.2. The Balaban J connectivity index is 0.000000219. The third-order valence-electron chi connectivity index (χ3n) is 3.74. The monoisotopic (exact) mass is 290 g/mol. The van der Waals surface area contributed by atoms with Gasteiger partial charge in [-0.3, -0.25) is 9.59 Å². The van der Waals surface area contributed by atoms with Gasteiger partial charge in [-0.05, 0) is 25.8 Å². The van der Waals surface area contributed by atoms with Gasteiger partial charge in [0.1, 0.15) is 5.78 Å². The minimum atomic E-state index is 0.0977. The molecule has 4 nitrogen and oxygen atoms in total. The van der Waals surface area contributed by atoms with Crippen LogP contribution in [0.15, 0.2) is 30.3 Å². The summed E-state index contributed by atoms with van der Waals surface area (Å²) in [7, 11) is 0. The molecule has 0 aliphatic carbocycles. The van der Waals surface area contributed by atoms with E-state index in [4.69, 9.17) is 5.73 Å². The molecule has 1 aromatic rings. The first-order chi connectivity index (χ1) is 9.95. The molecule has 2 unspecified atom stereocenters. The first kappa shape index (κ1) is 17.4. The van der Waals surface area contributed by atoms with Crippen LogP contribution in [-0.4, -0.2) is 29.7 Å². The lowest BCUT2D eigenvalue weighted by molar-refractivity contribution is -0.130. The molecular weight excluding hydrogens is 264 g/mol. The Morgan fingerprint density at radius 2 is 1.95 bits per heavy atom. The molecule has 1 amide bonds. The van der Waals surface area contributed by atoms with E-state index in [1.807, 2.05) is 44.2 Å². The molecule has 4 heteroatoms. The van der Waals surface area contributed by atoms with Gasteiger partial charge in [-0.25, -0.2) is 0 Å². The second-order valence-corrected chi connectivity index (χ2v) is 5.49. The van der Waals surface area contributed by atoms with Gasteiger partial charge in [0.25, 0.3) is 0 Å². The molecule has 116 valence electrons. The Morgan fingerprint density at radius 1 is 1.33 bits per heavy atom. The van der Waals surface area contributed by atoms with Crippen LogP contribution in [0.2, 0.25) is 0 Å². The lowest BCUT2D eigenvalue weighted by Crippen LogP contribution is -2.28. The Morgan fingerprint density at radius 3 is 2.33 bits per heavy atom. The predicted octanol–water partition coefficient (Wildman–Crippen LogP) is 2.54. The molecular formula is C17H26N2O2. The van der Waals surface area contributed by atoms with Gasteiger partial charge in [0, 0.05) is 31.5 Å². The van der Waals surface area contributed by atoms with Crippen LogP contribution in [0.1, 0.15) is 45.2 Å². The van der Waals surface area contributed by atoms with E-state index >= 15 is 0 Å². The molecule has 0 saturated carbocycles. The fourth-order valence-electron chi connectivity index (χ4n) is 2.30. The van der Waals surface area contributed by atoms with Crippen LogP contribution in [0.25, 0.3) is 0 Å². The van der Waals surface area contributed by atoms with Crippen molar-refractivity contribution in [1.82, 2.24) is 4.90 Å². The standard InChI is InChI=1S/C9H15NO2.C8H11N/c1-3-9(12)10-5-4-8(6-10)7(2)11;1-7(9)8-5-3-2-4-6-8/h8H,3-6H2,1-2H3;2-7H,9H2,1H3. The molecule has 2 N–H and O–H groups in total. The quantitative estimate of drug-likeness (QED) is 0.930. The van der Waals surface area contributed by atoms with Gasteiger partial charge < -0.3 is 10.6 Å². The van der Waals surface area contributed by atoms with Crippen molar-refractivity contribution in [3.8, 4) is 0 Å². The molecule has 2 rings (SSSR count). The second-order valence-electron chi connectivity index (χ2n) is 5.49. The number of Topliss-reactive ketones (excluding diaryl/α,β-unsaturated/α-hetero) is 1. The lowest BCUT2D eigenvalue weighted by atomic mass is 10.1. The zero-order valence-corrected chi connectivity index (χ0v) is 13.2. The fraction of sp³-hybridized carbons (Fsp3) is 0.529. The smallest absolute Gasteiger partial charge is 0.222 e.